The highest BCUT2D eigenvalue weighted by Gasteiger charge is 2.29. The van der Waals surface area contributed by atoms with Gasteiger partial charge in [0.2, 0.25) is 12.5 Å². The zero-order valence-electron chi connectivity index (χ0n) is 20.9. The minimum Gasteiger partial charge on any atom is -0.504 e. The van der Waals surface area contributed by atoms with Gasteiger partial charge in [0, 0.05) is 46.2 Å². The zero-order valence-corrected chi connectivity index (χ0v) is 20.9. The SMILES string of the molecule is COc1cc(Cn2c3ccccc3c3ccccc32)c2cc3[n+](cc2c1O)CCc1cc2c(cc1-3)OCO2. The number of rotatable bonds is 3. The largest absolute Gasteiger partial charge is 0.504 e. The van der Waals surface area contributed by atoms with Crippen LogP contribution >= 0.6 is 0 Å². The number of aryl methyl sites for hydroxylation is 2. The number of aromatic hydroxyl groups is 1. The summed E-state index contributed by atoms with van der Waals surface area (Å²) in [5, 5.41) is 15.4. The average molecular weight is 502 g/mol. The summed E-state index contributed by atoms with van der Waals surface area (Å²) in [6, 6.07) is 25.4. The van der Waals surface area contributed by atoms with E-state index in [0.717, 1.165) is 52.1 Å². The van der Waals surface area contributed by atoms with Crippen molar-refractivity contribution in [3.63, 3.8) is 0 Å². The lowest BCUT2D eigenvalue weighted by molar-refractivity contribution is -0.686. The Morgan fingerprint density at radius 2 is 1.58 bits per heavy atom. The molecular weight excluding hydrogens is 476 g/mol. The van der Waals surface area contributed by atoms with Crippen molar-refractivity contribution >= 4 is 32.6 Å². The Morgan fingerprint density at radius 1 is 0.868 bits per heavy atom. The summed E-state index contributed by atoms with van der Waals surface area (Å²) in [5.41, 5.74) is 6.93. The van der Waals surface area contributed by atoms with Crippen LogP contribution in [0.2, 0.25) is 0 Å². The lowest BCUT2D eigenvalue weighted by Gasteiger charge is -2.18. The van der Waals surface area contributed by atoms with Gasteiger partial charge in [0.05, 0.1) is 18.1 Å². The molecule has 6 heteroatoms. The van der Waals surface area contributed by atoms with E-state index in [1.807, 2.05) is 6.07 Å². The maximum atomic E-state index is 11.2. The van der Waals surface area contributed by atoms with Crippen molar-refractivity contribution in [2.24, 2.45) is 0 Å². The van der Waals surface area contributed by atoms with Crippen molar-refractivity contribution in [3.8, 4) is 34.3 Å². The predicted molar refractivity (Wildman–Crippen MR) is 146 cm³/mol. The van der Waals surface area contributed by atoms with Crippen molar-refractivity contribution in [2.75, 3.05) is 13.9 Å². The second-order valence-electron chi connectivity index (χ2n) is 10.00. The minimum absolute atomic E-state index is 0.167. The van der Waals surface area contributed by atoms with E-state index in [2.05, 4.69) is 82.1 Å². The van der Waals surface area contributed by atoms with Crippen LogP contribution in [0, 0.1) is 0 Å². The maximum absolute atomic E-state index is 11.2. The Morgan fingerprint density at radius 3 is 2.32 bits per heavy atom. The van der Waals surface area contributed by atoms with Crippen LogP contribution in [0.15, 0.2) is 79.0 Å². The Bertz CT molecular complexity index is 1890. The van der Waals surface area contributed by atoms with E-state index >= 15 is 0 Å². The Hall–Kier alpha value is -4.71. The number of para-hydroxylation sites is 2. The summed E-state index contributed by atoms with van der Waals surface area (Å²) in [7, 11) is 1.61. The topological polar surface area (TPSA) is 56.7 Å². The van der Waals surface area contributed by atoms with Crippen LogP contribution < -0.4 is 18.8 Å². The first-order valence-corrected chi connectivity index (χ1v) is 12.8. The monoisotopic (exact) mass is 501 g/mol. The van der Waals surface area contributed by atoms with E-state index in [9.17, 15) is 5.11 Å². The van der Waals surface area contributed by atoms with E-state index in [1.54, 1.807) is 7.11 Å². The fourth-order valence-electron chi connectivity index (χ4n) is 6.20. The molecule has 0 amide bonds. The number of phenols is 1. The van der Waals surface area contributed by atoms with Gasteiger partial charge >= 0.3 is 0 Å². The van der Waals surface area contributed by atoms with Gasteiger partial charge in [-0.15, -0.1) is 0 Å². The third-order valence-corrected chi connectivity index (χ3v) is 8.03. The molecule has 2 aromatic heterocycles. The predicted octanol–water partition coefficient (Wildman–Crippen LogP) is 5.95. The highest BCUT2D eigenvalue weighted by Crippen LogP contribution is 2.43. The van der Waals surface area contributed by atoms with Gasteiger partial charge in [0.25, 0.3) is 0 Å². The van der Waals surface area contributed by atoms with Crippen LogP contribution in [0.1, 0.15) is 11.1 Å². The van der Waals surface area contributed by atoms with Crippen LogP contribution in [-0.2, 0) is 19.5 Å². The van der Waals surface area contributed by atoms with Crippen molar-refractivity contribution in [2.45, 2.75) is 19.5 Å². The Labute approximate surface area is 218 Å². The van der Waals surface area contributed by atoms with Crippen LogP contribution in [-0.4, -0.2) is 23.6 Å². The summed E-state index contributed by atoms with van der Waals surface area (Å²) in [4.78, 5) is 0. The van der Waals surface area contributed by atoms with Crippen LogP contribution in [0.5, 0.6) is 23.0 Å². The zero-order chi connectivity index (χ0) is 25.4. The number of pyridine rings is 1. The van der Waals surface area contributed by atoms with Gasteiger partial charge in [-0.05, 0) is 41.5 Å². The molecule has 0 bridgehead atoms. The molecule has 2 aliphatic rings. The lowest BCUT2D eigenvalue weighted by Crippen LogP contribution is -2.40. The molecule has 8 rings (SSSR count). The number of hydrogen-bond donors (Lipinski definition) is 1. The number of phenolic OH excluding ortho intramolecular Hbond substituents is 1. The molecule has 0 saturated heterocycles. The van der Waals surface area contributed by atoms with Crippen LogP contribution in [0.3, 0.4) is 0 Å². The van der Waals surface area contributed by atoms with Crippen molar-refractivity contribution in [1.82, 2.24) is 4.57 Å². The van der Waals surface area contributed by atoms with Gasteiger partial charge in [0.15, 0.2) is 35.7 Å². The molecule has 0 spiro atoms. The number of benzene rings is 4. The van der Waals surface area contributed by atoms with Crippen molar-refractivity contribution < 1.29 is 23.9 Å². The van der Waals surface area contributed by atoms with E-state index < -0.39 is 0 Å². The van der Waals surface area contributed by atoms with Gasteiger partial charge in [-0.3, -0.25) is 0 Å². The summed E-state index contributed by atoms with van der Waals surface area (Å²) in [5.74, 6) is 2.24. The molecule has 38 heavy (non-hydrogen) atoms. The summed E-state index contributed by atoms with van der Waals surface area (Å²) in [6.07, 6.45) is 2.94. The molecule has 6 nitrogen and oxygen atoms in total. The molecular formula is C32H25N2O4+. The summed E-state index contributed by atoms with van der Waals surface area (Å²) < 4.78 is 21.5. The van der Waals surface area contributed by atoms with Crippen molar-refractivity contribution in [1.29, 1.82) is 0 Å². The van der Waals surface area contributed by atoms with Gasteiger partial charge in [0.1, 0.15) is 0 Å². The van der Waals surface area contributed by atoms with Gasteiger partial charge < -0.3 is 23.9 Å². The van der Waals surface area contributed by atoms with Crippen molar-refractivity contribution in [3.05, 3.63) is 90.1 Å². The van der Waals surface area contributed by atoms with Gasteiger partial charge in [-0.2, -0.15) is 4.57 Å². The number of aromatic nitrogens is 2. The first-order valence-electron chi connectivity index (χ1n) is 12.8. The summed E-state index contributed by atoms with van der Waals surface area (Å²) >= 11 is 0. The maximum Gasteiger partial charge on any atom is 0.231 e. The average Bonchev–Trinajstić information content (AvgIpc) is 3.55. The number of fused-ring (bicyclic) bond motifs is 8. The van der Waals surface area contributed by atoms with Crippen LogP contribution in [0.4, 0.5) is 0 Å². The minimum atomic E-state index is 0.167. The fraction of sp³-hybridized carbons (Fsp3) is 0.156. The molecule has 0 atom stereocenters. The number of nitrogens with zero attached hydrogens (tertiary/aromatic N) is 2. The van der Waals surface area contributed by atoms with Gasteiger partial charge in [-0.25, -0.2) is 0 Å². The van der Waals surface area contributed by atoms with Gasteiger partial charge in [-0.1, -0.05) is 36.4 Å². The lowest BCUT2D eigenvalue weighted by atomic mass is 9.94. The Kier molecular flexibility index (Phi) is 4.44. The van der Waals surface area contributed by atoms with E-state index in [1.165, 1.54) is 27.4 Å². The second kappa shape index (κ2) is 7.89. The van der Waals surface area contributed by atoms with E-state index in [-0.39, 0.29) is 12.5 Å². The molecule has 4 aromatic carbocycles. The Balaban J connectivity index is 1.38. The molecule has 4 heterocycles. The molecule has 0 unspecified atom stereocenters. The normalized spacial score (nSPS) is 13.7. The smallest absolute Gasteiger partial charge is 0.231 e. The molecule has 186 valence electrons. The summed E-state index contributed by atoms with van der Waals surface area (Å²) in [6.45, 7) is 1.71. The standard InChI is InChI=1S/C32H24N2O4/c1-36-31-13-20(16-34-26-8-4-2-6-21(26)22-7-3-5-9-27(22)34)23-14-28-24-15-30-29(37-18-38-30)12-19(24)10-11-33(28)17-25(23)32(31)35/h2-9,12-15,17H,10-11,16,18H2,1H3/p+1. The van der Waals surface area contributed by atoms with E-state index in [4.69, 9.17) is 14.2 Å². The molecule has 1 N–H and O–H groups in total. The number of methoxy groups -OCH3 is 1. The third kappa shape index (κ3) is 2.97. The molecule has 6 aromatic rings. The number of ether oxygens (including phenoxy) is 3. The number of hydrogen-bond acceptors (Lipinski definition) is 4. The van der Waals surface area contributed by atoms with Crippen LogP contribution in [0.25, 0.3) is 43.8 Å². The molecule has 0 aliphatic carbocycles. The highest BCUT2D eigenvalue weighted by molar-refractivity contribution is 6.08. The third-order valence-electron chi connectivity index (χ3n) is 8.03. The first kappa shape index (κ1) is 21.4. The van der Waals surface area contributed by atoms with E-state index in [0.29, 0.717) is 12.3 Å². The first-order chi connectivity index (χ1) is 18.7. The molecule has 2 aliphatic heterocycles. The molecule has 0 fully saturated rings. The highest BCUT2D eigenvalue weighted by atomic mass is 16.7. The quantitative estimate of drug-likeness (QED) is 0.305. The second-order valence-corrected chi connectivity index (χ2v) is 10.00. The fourth-order valence-corrected chi connectivity index (χ4v) is 6.20. The molecule has 0 saturated carbocycles. The molecule has 0 radical (unpaired) electrons.